The number of nitrogens with one attached hydrogen (secondary N) is 1. The first kappa shape index (κ1) is 17.5. The molecule has 1 aromatic heterocycles. The zero-order valence-electron chi connectivity index (χ0n) is 14.6. The maximum Gasteiger partial charge on any atom is 0.340 e. The van der Waals surface area contributed by atoms with E-state index in [2.05, 4.69) is 15.5 Å². The van der Waals surface area contributed by atoms with Crippen molar-refractivity contribution >= 4 is 11.7 Å². The summed E-state index contributed by atoms with van der Waals surface area (Å²) < 4.78 is 15.9. The molecule has 0 unspecified atom stereocenters. The number of rotatable bonds is 7. The van der Waals surface area contributed by atoms with E-state index < -0.39 is 0 Å². The Bertz CT molecular complexity index is 892. The molecule has 0 bridgehead atoms. The molecule has 0 saturated heterocycles. The van der Waals surface area contributed by atoms with Crippen LogP contribution in [0, 0.1) is 0 Å². The highest BCUT2D eigenvalue weighted by molar-refractivity contribution is 5.95. The molecule has 0 aliphatic carbocycles. The first-order valence-electron chi connectivity index (χ1n) is 8.18. The molecule has 3 aromatic rings. The minimum absolute atomic E-state index is 0.285. The van der Waals surface area contributed by atoms with Gasteiger partial charge < -0.3 is 19.2 Å². The average molecular weight is 353 g/mol. The Balaban J connectivity index is 1.72. The average Bonchev–Trinajstić information content (AvgIpc) is 3.16. The Morgan fingerprint density at radius 2 is 2.00 bits per heavy atom. The highest BCUT2D eigenvalue weighted by Crippen LogP contribution is 2.23. The molecule has 0 spiro atoms. The fraction of sp³-hybridized carbons (Fsp3) is 0.211. The second kappa shape index (κ2) is 8.15. The van der Waals surface area contributed by atoms with Crippen molar-refractivity contribution in [1.82, 2.24) is 10.2 Å². The zero-order chi connectivity index (χ0) is 18.4. The van der Waals surface area contributed by atoms with Gasteiger partial charge in [-0.05, 0) is 37.3 Å². The zero-order valence-corrected chi connectivity index (χ0v) is 14.6. The lowest BCUT2D eigenvalue weighted by atomic mass is 10.2. The highest BCUT2D eigenvalue weighted by Gasteiger charge is 2.13. The number of para-hydroxylation sites is 1. The molecule has 7 heteroatoms. The van der Waals surface area contributed by atoms with E-state index in [9.17, 15) is 4.79 Å². The molecule has 0 fully saturated rings. The van der Waals surface area contributed by atoms with E-state index in [1.807, 2.05) is 30.3 Å². The minimum atomic E-state index is -0.377. The number of ether oxygens (including phenoxy) is 2. The number of esters is 1. The van der Waals surface area contributed by atoms with Gasteiger partial charge in [-0.15, -0.1) is 10.2 Å². The number of anilines is 1. The third-order valence-corrected chi connectivity index (χ3v) is 3.64. The largest absolute Gasteiger partial charge is 0.497 e. The number of carbonyl (C=O) groups is 1. The normalized spacial score (nSPS) is 10.4. The Labute approximate surface area is 151 Å². The quantitative estimate of drug-likeness (QED) is 0.650. The van der Waals surface area contributed by atoms with Gasteiger partial charge in [-0.25, -0.2) is 4.79 Å². The van der Waals surface area contributed by atoms with Crippen molar-refractivity contribution in [3.05, 3.63) is 60.0 Å². The van der Waals surface area contributed by atoms with Crippen LogP contribution in [0.25, 0.3) is 11.5 Å². The van der Waals surface area contributed by atoms with Crippen molar-refractivity contribution in [1.29, 1.82) is 0 Å². The monoisotopic (exact) mass is 353 g/mol. The van der Waals surface area contributed by atoms with Gasteiger partial charge in [-0.3, -0.25) is 0 Å². The predicted octanol–water partition coefficient (Wildman–Crippen LogP) is 3.53. The van der Waals surface area contributed by atoms with Gasteiger partial charge in [0.2, 0.25) is 11.8 Å². The van der Waals surface area contributed by atoms with Crippen molar-refractivity contribution < 1.29 is 18.7 Å². The topological polar surface area (TPSA) is 86.5 Å². The van der Waals surface area contributed by atoms with E-state index in [0.29, 0.717) is 35.4 Å². The van der Waals surface area contributed by atoms with E-state index in [1.54, 1.807) is 32.2 Å². The van der Waals surface area contributed by atoms with Gasteiger partial charge in [0, 0.05) is 11.3 Å². The van der Waals surface area contributed by atoms with Crippen LogP contribution >= 0.6 is 0 Å². The standard InChI is InChI=1S/C19H19N3O4/c1-3-25-19(23)15-9-4-5-10-16(15)20-12-17-21-22-18(26-17)13-7-6-8-14(11-13)24-2/h4-11,20H,3,12H2,1-2H3. The molecule has 0 atom stereocenters. The molecular weight excluding hydrogens is 334 g/mol. The lowest BCUT2D eigenvalue weighted by Gasteiger charge is -2.09. The van der Waals surface area contributed by atoms with Crippen LogP contribution in [-0.2, 0) is 11.3 Å². The van der Waals surface area contributed by atoms with Gasteiger partial charge in [0.25, 0.3) is 0 Å². The summed E-state index contributed by atoms with van der Waals surface area (Å²) in [5, 5.41) is 11.2. The molecule has 3 rings (SSSR count). The fourth-order valence-electron chi connectivity index (χ4n) is 2.39. The number of hydrogen-bond acceptors (Lipinski definition) is 7. The lowest BCUT2D eigenvalue weighted by Crippen LogP contribution is -2.09. The van der Waals surface area contributed by atoms with Crippen molar-refractivity contribution in [2.45, 2.75) is 13.5 Å². The second-order valence-electron chi connectivity index (χ2n) is 5.35. The SMILES string of the molecule is CCOC(=O)c1ccccc1NCc1nnc(-c2cccc(OC)c2)o1. The molecule has 1 heterocycles. The summed E-state index contributed by atoms with van der Waals surface area (Å²) in [7, 11) is 1.60. The van der Waals surface area contributed by atoms with Crippen LogP contribution in [0.1, 0.15) is 23.2 Å². The molecule has 0 aliphatic heterocycles. The number of methoxy groups -OCH3 is 1. The number of benzene rings is 2. The summed E-state index contributed by atoms with van der Waals surface area (Å²) in [6.07, 6.45) is 0. The number of carbonyl (C=O) groups excluding carboxylic acids is 1. The van der Waals surface area contributed by atoms with Crippen LogP contribution in [-0.4, -0.2) is 29.9 Å². The van der Waals surface area contributed by atoms with Crippen LogP contribution in [0.5, 0.6) is 5.75 Å². The van der Waals surface area contributed by atoms with E-state index in [-0.39, 0.29) is 12.5 Å². The van der Waals surface area contributed by atoms with Gasteiger partial charge in [-0.2, -0.15) is 0 Å². The third kappa shape index (κ3) is 4.00. The van der Waals surface area contributed by atoms with Crippen LogP contribution in [0.3, 0.4) is 0 Å². The summed E-state index contributed by atoms with van der Waals surface area (Å²) >= 11 is 0. The first-order chi connectivity index (χ1) is 12.7. The third-order valence-electron chi connectivity index (χ3n) is 3.64. The number of nitrogens with zero attached hydrogens (tertiary/aromatic N) is 2. The van der Waals surface area contributed by atoms with Crippen LogP contribution in [0.4, 0.5) is 5.69 Å². The Hall–Kier alpha value is -3.35. The van der Waals surface area contributed by atoms with Crippen molar-refractivity contribution in [3.8, 4) is 17.2 Å². The smallest absolute Gasteiger partial charge is 0.340 e. The van der Waals surface area contributed by atoms with Gasteiger partial charge >= 0.3 is 5.97 Å². The van der Waals surface area contributed by atoms with E-state index in [1.165, 1.54) is 0 Å². The molecule has 0 aliphatic rings. The second-order valence-corrected chi connectivity index (χ2v) is 5.35. The molecule has 2 aromatic carbocycles. The predicted molar refractivity (Wildman–Crippen MR) is 96.0 cm³/mol. The lowest BCUT2D eigenvalue weighted by molar-refractivity contribution is 0.0527. The van der Waals surface area contributed by atoms with E-state index in [4.69, 9.17) is 13.9 Å². The van der Waals surface area contributed by atoms with Crippen molar-refractivity contribution in [3.63, 3.8) is 0 Å². The maximum atomic E-state index is 12.0. The highest BCUT2D eigenvalue weighted by atomic mass is 16.5. The molecule has 26 heavy (non-hydrogen) atoms. The summed E-state index contributed by atoms with van der Waals surface area (Å²) in [6, 6.07) is 14.5. The molecule has 134 valence electrons. The van der Waals surface area contributed by atoms with Gasteiger partial charge in [-0.1, -0.05) is 18.2 Å². The molecule has 0 amide bonds. The summed E-state index contributed by atoms with van der Waals surface area (Å²) in [6.45, 7) is 2.38. The van der Waals surface area contributed by atoms with Crippen LogP contribution in [0.2, 0.25) is 0 Å². The van der Waals surface area contributed by atoms with E-state index in [0.717, 1.165) is 5.56 Å². The Morgan fingerprint density at radius 1 is 1.15 bits per heavy atom. The Morgan fingerprint density at radius 3 is 2.81 bits per heavy atom. The minimum Gasteiger partial charge on any atom is -0.497 e. The van der Waals surface area contributed by atoms with Crippen LogP contribution in [0.15, 0.2) is 52.9 Å². The van der Waals surface area contributed by atoms with Gasteiger partial charge in [0.1, 0.15) is 5.75 Å². The fourth-order valence-corrected chi connectivity index (χ4v) is 2.39. The number of hydrogen-bond donors (Lipinski definition) is 1. The Kier molecular flexibility index (Phi) is 5.48. The van der Waals surface area contributed by atoms with Crippen molar-refractivity contribution in [2.75, 3.05) is 19.0 Å². The first-order valence-corrected chi connectivity index (χ1v) is 8.18. The van der Waals surface area contributed by atoms with Gasteiger partial charge in [0.15, 0.2) is 0 Å². The molecule has 0 saturated carbocycles. The molecule has 7 nitrogen and oxygen atoms in total. The molecule has 1 N–H and O–H groups in total. The maximum absolute atomic E-state index is 12.0. The van der Waals surface area contributed by atoms with Crippen molar-refractivity contribution in [2.24, 2.45) is 0 Å². The van der Waals surface area contributed by atoms with E-state index >= 15 is 0 Å². The summed E-state index contributed by atoms with van der Waals surface area (Å²) in [5.74, 6) is 1.14. The summed E-state index contributed by atoms with van der Waals surface area (Å²) in [5.41, 5.74) is 1.88. The summed E-state index contributed by atoms with van der Waals surface area (Å²) in [4.78, 5) is 12.0. The van der Waals surface area contributed by atoms with Gasteiger partial charge in [0.05, 0.1) is 25.8 Å². The molecule has 0 radical (unpaired) electrons. The van der Waals surface area contributed by atoms with Crippen LogP contribution < -0.4 is 10.1 Å². The molecular formula is C19H19N3O4. The number of aromatic nitrogens is 2.